The molecule has 1 aliphatic heterocycles. The number of anilines is 2. The lowest BCUT2D eigenvalue weighted by Gasteiger charge is -2.32. The SMILES string of the molecule is Nc1cccc(C(F)(F)F)c1N1CCNCC1. The number of piperazine rings is 1. The number of nitrogens with zero attached hydrogens (tertiary/aromatic N) is 1. The molecule has 2 rings (SSSR count). The van der Waals surface area contributed by atoms with Crippen molar-refractivity contribution < 1.29 is 13.2 Å². The zero-order valence-electron chi connectivity index (χ0n) is 9.22. The van der Waals surface area contributed by atoms with Crippen molar-refractivity contribution in [1.29, 1.82) is 0 Å². The summed E-state index contributed by atoms with van der Waals surface area (Å²) in [6.45, 7) is 2.42. The van der Waals surface area contributed by atoms with Crippen molar-refractivity contribution in [3.63, 3.8) is 0 Å². The summed E-state index contributed by atoms with van der Waals surface area (Å²) in [5, 5.41) is 3.10. The van der Waals surface area contributed by atoms with Crippen LogP contribution in [0.25, 0.3) is 0 Å². The van der Waals surface area contributed by atoms with Crippen LogP contribution in [0.4, 0.5) is 24.5 Å². The van der Waals surface area contributed by atoms with Gasteiger partial charge in [0.1, 0.15) is 0 Å². The van der Waals surface area contributed by atoms with Gasteiger partial charge in [0, 0.05) is 26.2 Å². The van der Waals surface area contributed by atoms with E-state index in [1.165, 1.54) is 12.1 Å². The molecule has 94 valence electrons. The van der Waals surface area contributed by atoms with Crippen molar-refractivity contribution in [3.05, 3.63) is 23.8 Å². The molecule has 3 nitrogen and oxygen atoms in total. The Labute approximate surface area is 97.4 Å². The molecule has 0 unspecified atom stereocenters. The standard InChI is InChI=1S/C11H14F3N3/c12-11(13,14)8-2-1-3-9(15)10(8)17-6-4-16-5-7-17/h1-3,16H,4-7,15H2. The van der Waals surface area contributed by atoms with Crippen molar-refractivity contribution in [2.45, 2.75) is 6.18 Å². The molecule has 6 heteroatoms. The van der Waals surface area contributed by atoms with Crippen LogP contribution in [0.5, 0.6) is 0 Å². The third-order valence-electron chi connectivity index (χ3n) is 2.81. The highest BCUT2D eigenvalue weighted by molar-refractivity contribution is 5.72. The summed E-state index contributed by atoms with van der Waals surface area (Å²) in [5.74, 6) is 0. The molecule has 1 aromatic rings. The number of alkyl halides is 3. The van der Waals surface area contributed by atoms with E-state index in [0.29, 0.717) is 26.2 Å². The van der Waals surface area contributed by atoms with Crippen molar-refractivity contribution >= 4 is 11.4 Å². The molecule has 0 radical (unpaired) electrons. The second-order valence-electron chi connectivity index (χ2n) is 3.98. The summed E-state index contributed by atoms with van der Waals surface area (Å²) in [6.07, 6.45) is -4.37. The maximum atomic E-state index is 12.9. The van der Waals surface area contributed by atoms with Gasteiger partial charge >= 0.3 is 6.18 Å². The summed E-state index contributed by atoms with van der Waals surface area (Å²) in [6, 6.07) is 3.92. The molecule has 1 aromatic carbocycles. The minimum absolute atomic E-state index is 0.113. The van der Waals surface area contributed by atoms with Gasteiger partial charge in [-0.3, -0.25) is 0 Å². The number of nitrogens with two attached hydrogens (primary N) is 1. The van der Waals surface area contributed by atoms with E-state index in [0.717, 1.165) is 6.07 Å². The Balaban J connectivity index is 2.43. The van der Waals surface area contributed by atoms with Crippen LogP contribution in [-0.2, 0) is 6.18 Å². The van der Waals surface area contributed by atoms with Gasteiger partial charge in [0.15, 0.2) is 0 Å². The Morgan fingerprint density at radius 2 is 1.82 bits per heavy atom. The number of hydrogen-bond donors (Lipinski definition) is 2. The van der Waals surface area contributed by atoms with Gasteiger partial charge in [0.2, 0.25) is 0 Å². The molecule has 1 aliphatic rings. The predicted octanol–water partition coefficient (Wildman–Crippen LogP) is 1.70. The fraction of sp³-hybridized carbons (Fsp3) is 0.455. The molecular formula is C11H14F3N3. The van der Waals surface area contributed by atoms with E-state index in [1.54, 1.807) is 4.90 Å². The molecule has 0 amide bonds. The Kier molecular flexibility index (Phi) is 3.15. The van der Waals surface area contributed by atoms with Gasteiger partial charge in [-0.15, -0.1) is 0 Å². The van der Waals surface area contributed by atoms with Crippen molar-refractivity contribution in [3.8, 4) is 0 Å². The van der Waals surface area contributed by atoms with Gasteiger partial charge in [-0.1, -0.05) is 6.07 Å². The molecule has 1 fully saturated rings. The molecule has 0 saturated carbocycles. The van der Waals surface area contributed by atoms with Gasteiger partial charge < -0.3 is 16.0 Å². The van der Waals surface area contributed by atoms with E-state index in [-0.39, 0.29) is 11.4 Å². The predicted molar refractivity (Wildman–Crippen MR) is 60.9 cm³/mol. The Hall–Kier alpha value is -1.43. The second kappa shape index (κ2) is 4.44. The molecule has 0 aromatic heterocycles. The van der Waals surface area contributed by atoms with Crippen LogP contribution < -0.4 is 16.0 Å². The van der Waals surface area contributed by atoms with E-state index in [4.69, 9.17) is 5.73 Å². The van der Waals surface area contributed by atoms with E-state index in [1.807, 2.05) is 0 Å². The average molecular weight is 245 g/mol. The average Bonchev–Trinajstić information content (AvgIpc) is 2.28. The fourth-order valence-electron chi connectivity index (χ4n) is 2.03. The zero-order chi connectivity index (χ0) is 12.5. The maximum absolute atomic E-state index is 12.9. The van der Waals surface area contributed by atoms with E-state index in [2.05, 4.69) is 5.32 Å². The number of rotatable bonds is 1. The highest BCUT2D eigenvalue weighted by Gasteiger charge is 2.35. The van der Waals surface area contributed by atoms with Crippen molar-refractivity contribution in [1.82, 2.24) is 5.32 Å². The lowest BCUT2D eigenvalue weighted by Crippen LogP contribution is -2.44. The summed E-state index contributed by atoms with van der Waals surface area (Å²) >= 11 is 0. The monoisotopic (exact) mass is 245 g/mol. The first-order valence-electron chi connectivity index (χ1n) is 5.41. The van der Waals surface area contributed by atoms with E-state index >= 15 is 0 Å². The maximum Gasteiger partial charge on any atom is 0.418 e. The van der Waals surface area contributed by atoms with Gasteiger partial charge in [-0.05, 0) is 12.1 Å². The summed E-state index contributed by atoms with van der Waals surface area (Å²) in [5.41, 5.74) is 5.33. The molecule has 3 N–H and O–H groups in total. The molecular weight excluding hydrogens is 231 g/mol. The molecule has 0 aliphatic carbocycles. The topological polar surface area (TPSA) is 41.3 Å². The highest BCUT2D eigenvalue weighted by Crippen LogP contribution is 2.39. The van der Waals surface area contributed by atoms with Crippen LogP contribution in [0.3, 0.4) is 0 Å². The fourth-order valence-corrected chi connectivity index (χ4v) is 2.03. The molecule has 1 saturated heterocycles. The summed E-state index contributed by atoms with van der Waals surface area (Å²) < 4.78 is 38.7. The van der Waals surface area contributed by atoms with Crippen molar-refractivity contribution in [2.24, 2.45) is 0 Å². The van der Waals surface area contributed by atoms with Crippen LogP contribution in [0.2, 0.25) is 0 Å². The molecule has 0 atom stereocenters. The number of halogens is 3. The van der Waals surface area contributed by atoms with Gasteiger partial charge in [-0.2, -0.15) is 13.2 Å². The number of hydrogen-bond acceptors (Lipinski definition) is 3. The third kappa shape index (κ3) is 2.46. The Morgan fingerprint density at radius 3 is 2.41 bits per heavy atom. The van der Waals surface area contributed by atoms with Crippen LogP contribution in [0.1, 0.15) is 5.56 Å². The number of benzene rings is 1. The summed E-state index contributed by atoms with van der Waals surface area (Å²) in [7, 11) is 0. The first-order valence-corrected chi connectivity index (χ1v) is 5.41. The number of nitrogen functional groups attached to an aromatic ring is 1. The third-order valence-corrected chi connectivity index (χ3v) is 2.81. The minimum Gasteiger partial charge on any atom is -0.397 e. The van der Waals surface area contributed by atoms with Crippen LogP contribution in [0, 0.1) is 0 Å². The molecule has 17 heavy (non-hydrogen) atoms. The quantitative estimate of drug-likeness (QED) is 0.740. The second-order valence-corrected chi connectivity index (χ2v) is 3.98. The Morgan fingerprint density at radius 1 is 1.18 bits per heavy atom. The first-order chi connectivity index (χ1) is 8.00. The number of para-hydroxylation sites is 1. The van der Waals surface area contributed by atoms with Crippen LogP contribution in [-0.4, -0.2) is 26.2 Å². The van der Waals surface area contributed by atoms with Gasteiger partial charge in [0.05, 0.1) is 16.9 Å². The molecule has 1 heterocycles. The first kappa shape index (κ1) is 12.0. The van der Waals surface area contributed by atoms with Gasteiger partial charge in [-0.25, -0.2) is 0 Å². The van der Waals surface area contributed by atoms with Crippen LogP contribution in [0.15, 0.2) is 18.2 Å². The zero-order valence-corrected chi connectivity index (χ0v) is 9.22. The highest BCUT2D eigenvalue weighted by atomic mass is 19.4. The van der Waals surface area contributed by atoms with Crippen LogP contribution >= 0.6 is 0 Å². The molecule has 0 bridgehead atoms. The number of nitrogens with one attached hydrogen (secondary N) is 1. The van der Waals surface area contributed by atoms with Crippen molar-refractivity contribution in [2.75, 3.05) is 36.8 Å². The Bertz CT molecular complexity index is 397. The smallest absolute Gasteiger partial charge is 0.397 e. The lowest BCUT2D eigenvalue weighted by atomic mass is 10.1. The largest absolute Gasteiger partial charge is 0.418 e. The summed E-state index contributed by atoms with van der Waals surface area (Å²) in [4.78, 5) is 1.69. The lowest BCUT2D eigenvalue weighted by molar-refractivity contribution is -0.137. The minimum atomic E-state index is -4.37. The van der Waals surface area contributed by atoms with Gasteiger partial charge in [0.25, 0.3) is 0 Å². The van der Waals surface area contributed by atoms with E-state index in [9.17, 15) is 13.2 Å². The molecule has 0 spiro atoms. The van der Waals surface area contributed by atoms with E-state index < -0.39 is 11.7 Å². The normalized spacial score (nSPS) is 17.2.